The second kappa shape index (κ2) is 66.5. The average Bonchev–Trinajstić information content (AvgIpc) is 3.57. The number of allylic oxidation sites excluding steroid dienone is 30. The number of ether oxygens (including phenoxy) is 2. The zero-order valence-corrected chi connectivity index (χ0v) is 57.2. The van der Waals surface area contributed by atoms with Crippen molar-refractivity contribution in [2.24, 2.45) is 0 Å². The first-order valence-corrected chi connectivity index (χ1v) is 36.0. The van der Waals surface area contributed by atoms with Gasteiger partial charge in [0.1, 0.15) is 19.8 Å². The molecule has 0 heterocycles. The molecule has 0 radical (unpaired) electrons. The lowest BCUT2D eigenvalue weighted by molar-refractivity contribution is -0.870. The van der Waals surface area contributed by atoms with Crippen LogP contribution in [0.3, 0.4) is 0 Å². The molecule has 496 valence electrons. The highest BCUT2D eigenvalue weighted by molar-refractivity contribution is 7.45. The van der Waals surface area contributed by atoms with Crippen molar-refractivity contribution in [2.45, 2.75) is 251 Å². The van der Waals surface area contributed by atoms with Gasteiger partial charge in [-0.2, -0.15) is 0 Å². The normalized spacial score (nSPS) is 14.3. The summed E-state index contributed by atoms with van der Waals surface area (Å²) in [6, 6.07) is 0. The summed E-state index contributed by atoms with van der Waals surface area (Å²) in [6.07, 6.45) is 102. The highest BCUT2D eigenvalue weighted by atomic mass is 31.2. The lowest BCUT2D eigenvalue weighted by atomic mass is 10.0. The molecule has 0 rings (SSSR count). The maximum absolute atomic E-state index is 12.9. The van der Waals surface area contributed by atoms with Gasteiger partial charge in [0.25, 0.3) is 7.82 Å². The maximum Gasteiger partial charge on any atom is 0.306 e. The van der Waals surface area contributed by atoms with Crippen molar-refractivity contribution in [3.05, 3.63) is 182 Å². The molecule has 0 saturated carbocycles. The van der Waals surface area contributed by atoms with E-state index in [1.54, 1.807) is 0 Å². The van der Waals surface area contributed by atoms with Crippen molar-refractivity contribution >= 4 is 19.8 Å². The largest absolute Gasteiger partial charge is 0.756 e. The Balaban J connectivity index is 4.17. The number of phosphoric ester groups is 1. The molecule has 10 heteroatoms. The third-order valence-corrected chi connectivity index (χ3v) is 14.9. The van der Waals surface area contributed by atoms with Gasteiger partial charge in [0.2, 0.25) is 0 Å². The highest BCUT2D eigenvalue weighted by Gasteiger charge is 2.22. The van der Waals surface area contributed by atoms with Gasteiger partial charge < -0.3 is 27.9 Å². The smallest absolute Gasteiger partial charge is 0.306 e. The number of rotatable bonds is 61. The lowest BCUT2D eigenvalue weighted by Crippen LogP contribution is -2.37. The van der Waals surface area contributed by atoms with E-state index in [1.807, 2.05) is 21.1 Å². The van der Waals surface area contributed by atoms with Crippen molar-refractivity contribution in [2.75, 3.05) is 47.5 Å². The van der Waals surface area contributed by atoms with Crippen LogP contribution >= 0.6 is 7.82 Å². The summed E-state index contributed by atoms with van der Waals surface area (Å²) in [5.74, 6) is -0.863. The molecule has 0 saturated heterocycles. The van der Waals surface area contributed by atoms with Crippen LogP contribution in [0.25, 0.3) is 0 Å². The van der Waals surface area contributed by atoms with E-state index >= 15 is 0 Å². The number of nitrogens with zero attached hydrogens (tertiary/aromatic N) is 1. The molecule has 0 aliphatic heterocycles. The van der Waals surface area contributed by atoms with Gasteiger partial charge in [0, 0.05) is 12.8 Å². The average molecular weight is 1240 g/mol. The molecule has 2 unspecified atom stereocenters. The Kier molecular flexibility index (Phi) is 62.8. The van der Waals surface area contributed by atoms with Gasteiger partial charge in [0.15, 0.2) is 6.10 Å². The van der Waals surface area contributed by atoms with Crippen LogP contribution < -0.4 is 4.89 Å². The van der Waals surface area contributed by atoms with Crippen LogP contribution in [0.1, 0.15) is 245 Å². The van der Waals surface area contributed by atoms with Crippen LogP contribution in [-0.4, -0.2) is 70.0 Å². The minimum absolute atomic E-state index is 0.0437. The van der Waals surface area contributed by atoms with Gasteiger partial charge in [-0.25, -0.2) is 0 Å². The monoisotopic (exact) mass is 1240 g/mol. The summed E-state index contributed by atoms with van der Waals surface area (Å²) in [4.78, 5) is 38.1. The van der Waals surface area contributed by atoms with Gasteiger partial charge in [-0.05, 0) is 135 Å². The number of unbranched alkanes of at least 4 members (excludes halogenated alkanes) is 17. The Hall–Kier alpha value is -4.89. The minimum Gasteiger partial charge on any atom is -0.756 e. The van der Waals surface area contributed by atoms with Crippen molar-refractivity contribution < 1.29 is 42.1 Å². The predicted octanol–water partition coefficient (Wildman–Crippen LogP) is 22.1. The summed E-state index contributed by atoms with van der Waals surface area (Å²) in [6.45, 7) is 3.98. The second-order valence-electron chi connectivity index (χ2n) is 23.4. The number of carbonyl (C=O) groups is 2. The molecule has 88 heavy (non-hydrogen) atoms. The highest BCUT2D eigenvalue weighted by Crippen LogP contribution is 2.38. The molecule has 0 fully saturated rings. The Bertz CT molecular complexity index is 2140. The first kappa shape index (κ1) is 83.1. The molecule has 0 N–H and O–H groups in total. The molecule has 9 nitrogen and oxygen atoms in total. The fraction of sp³-hybridized carbons (Fsp3) is 0.590. The third kappa shape index (κ3) is 70.2. The Morgan fingerprint density at radius 3 is 0.909 bits per heavy atom. The number of quaternary nitrogens is 1. The first-order valence-electron chi connectivity index (χ1n) is 34.5. The van der Waals surface area contributed by atoms with Gasteiger partial charge in [-0.3, -0.25) is 14.2 Å². The van der Waals surface area contributed by atoms with E-state index in [0.29, 0.717) is 23.9 Å². The summed E-state index contributed by atoms with van der Waals surface area (Å²) >= 11 is 0. The standard InChI is InChI=1S/C78H126NO8P/c1-6-8-10-12-14-16-18-20-22-24-26-28-30-32-34-36-37-38-39-40-41-43-45-47-49-51-53-55-57-59-61-63-65-67-69-71-78(81)87-76(75-86-88(82,83)85-73-72-79(3,4)5)74-84-77(80)70-68-66-64-62-60-58-56-54-52-50-48-46-44-42-35-33-31-29-27-25-23-21-19-17-15-13-11-9-7-2/h8-11,14-17,20-23,26-29,32-35,37-38,40-41,44-47,50,52,76H,6-7,12-13,18-19,24-25,30-31,36,39,42-43,48-49,51,53-75H2,1-5H3/b10-8-,11-9-,16-14-,17-15-,22-20-,23-21-,28-26-,29-27-,34-32-,35-33-,38-37-,41-40-,46-44-,47-45-,52-50-. The molecule has 0 aromatic rings. The van der Waals surface area contributed by atoms with E-state index in [2.05, 4.69) is 196 Å². The molecular formula is C78H126NO8P. The van der Waals surface area contributed by atoms with E-state index in [4.69, 9.17) is 18.5 Å². The number of likely N-dealkylation sites (N-methyl/N-ethyl adjacent to an activating group) is 1. The van der Waals surface area contributed by atoms with E-state index in [0.717, 1.165) is 148 Å². The van der Waals surface area contributed by atoms with Gasteiger partial charge in [0.05, 0.1) is 27.7 Å². The van der Waals surface area contributed by atoms with Crippen LogP contribution in [0.4, 0.5) is 0 Å². The molecule has 0 spiro atoms. The summed E-state index contributed by atoms with van der Waals surface area (Å²) in [5.41, 5.74) is 0. The molecule has 2 atom stereocenters. The quantitative estimate of drug-likeness (QED) is 0.0195. The van der Waals surface area contributed by atoms with Crippen molar-refractivity contribution in [1.29, 1.82) is 0 Å². The summed E-state index contributed by atoms with van der Waals surface area (Å²) in [7, 11) is 1.13. The maximum atomic E-state index is 12.9. The van der Waals surface area contributed by atoms with Gasteiger partial charge >= 0.3 is 11.9 Å². The fourth-order valence-corrected chi connectivity index (χ4v) is 9.44. The van der Waals surface area contributed by atoms with Crippen LogP contribution in [-0.2, 0) is 32.7 Å². The van der Waals surface area contributed by atoms with Crippen LogP contribution in [0.15, 0.2) is 182 Å². The Labute approximate surface area is 540 Å². The first-order chi connectivity index (χ1) is 43.0. The van der Waals surface area contributed by atoms with Gasteiger partial charge in [-0.1, -0.05) is 280 Å². The predicted molar refractivity (Wildman–Crippen MR) is 378 cm³/mol. The summed E-state index contributed by atoms with van der Waals surface area (Å²) in [5, 5.41) is 0. The molecule has 0 aromatic heterocycles. The SMILES string of the molecule is CC/C=C\C/C=C\C/C=C\C/C=C\C/C=C\C/C=C\C/C=C\C/C=C\CCCCCCCCCCCCC(=O)OC(COC(=O)CCCCCCCCC/C=C\C/C=C\C/C=C\C/C=C\C/C=C\C/C=C\C/C=C\CC)COP(=O)([O-])OCC[N+](C)(C)C. The van der Waals surface area contributed by atoms with Crippen molar-refractivity contribution in [3.63, 3.8) is 0 Å². The van der Waals surface area contributed by atoms with E-state index in [1.165, 1.54) is 57.8 Å². The number of hydrogen-bond acceptors (Lipinski definition) is 8. The van der Waals surface area contributed by atoms with Crippen LogP contribution in [0.2, 0.25) is 0 Å². The number of esters is 2. The summed E-state index contributed by atoms with van der Waals surface area (Å²) < 4.78 is 34.3. The zero-order chi connectivity index (χ0) is 64.1. The Morgan fingerprint density at radius 1 is 0.352 bits per heavy atom. The topological polar surface area (TPSA) is 111 Å². The molecule has 0 bridgehead atoms. The molecular weight excluding hydrogens is 1110 g/mol. The van der Waals surface area contributed by atoms with Crippen molar-refractivity contribution in [1.82, 2.24) is 0 Å². The zero-order valence-electron chi connectivity index (χ0n) is 56.3. The molecule has 0 amide bonds. The van der Waals surface area contributed by atoms with E-state index in [9.17, 15) is 19.0 Å². The van der Waals surface area contributed by atoms with E-state index in [-0.39, 0.29) is 26.1 Å². The molecule has 0 aliphatic rings. The number of hydrogen-bond donors (Lipinski definition) is 0. The lowest BCUT2D eigenvalue weighted by Gasteiger charge is -2.28. The van der Waals surface area contributed by atoms with Gasteiger partial charge in [-0.15, -0.1) is 0 Å². The molecule has 0 aromatic carbocycles. The third-order valence-electron chi connectivity index (χ3n) is 13.9. The van der Waals surface area contributed by atoms with Crippen LogP contribution in [0.5, 0.6) is 0 Å². The second-order valence-corrected chi connectivity index (χ2v) is 24.8. The van der Waals surface area contributed by atoms with Crippen LogP contribution in [0, 0.1) is 0 Å². The minimum atomic E-state index is -4.66. The van der Waals surface area contributed by atoms with Crippen molar-refractivity contribution in [3.8, 4) is 0 Å². The number of carbonyl (C=O) groups excluding carboxylic acids is 2. The fourth-order valence-electron chi connectivity index (χ4n) is 8.71. The van der Waals surface area contributed by atoms with E-state index < -0.39 is 32.5 Å². The Morgan fingerprint density at radius 2 is 0.614 bits per heavy atom. The molecule has 0 aliphatic carbocycles. The number of phosphoric acid groups is 1.